The van der Waals surface area contributed by atoms with Crippen molar-refractivity contribution in [2.24, 2.45) is 0 Å². The van der Waals surface area contributed by atoms with Crippen LogP contribution >= 0.6 is 11.3 Å². The standard InChI is InChI=1S/C10H11F2NOS/c11-10(12)3-1-9(14,2-4-10)5-8-6-15-7-13-8/h1,3,6-7,14H,2,4-5H2. The Morgan fingerprint density at radius 2 is 2.20 bits per heavy atom. The molecule has 0 radical (unpaired) electrons. The van der Waals surface area contributed by atoms with Crippen molar-refractivity contribution in [3.05, 3.63) is 28.7 Å². The van der Waals surface area contributed by atoms with E-state index in [1.807, 2.05) is 5.38 Å². The predicted molar refractivity (Wildman–Crippen MR) is 54.1 cm³/mol. The zero-order valence-corrected chi connectivity index (χ0v) is 8.81. The van der Waals surface area contributed by atoms with Crippen LogP contribution in [-0.4, -0.2) is 21.6 Å². The van der Waals surface area contributed by atoms with E-state index in [1.165, 1.54) is 17.4 Å². The monoisotopic (exact) mass is 231 g/mol. The highest BCUT2D eigenvalue weighted by molar-refractivity contribution is 7.07. The fraction of sp³-hybridized carbons (Fsp3) is 0.500. The van der Waals surface area contributed by atoms with Crippen LogP contribution in [0.15, 0.2) is 23.0 Å². The number of allylic oxidation sites excluding steroid dienone is 1. The average molecular weight is 231 g/mol. The molecule has 2 rings (SSSR count). The van der Waals surface area contributed by atoms with Crippen LogP contribution in [-0.2, 0) is 6.42 Å². The molecule has 2 nitrogen and oxygen atoms in total. The fourth-order valence-corrected chi connectivity index (χ4v) is 2.17. The Morgan fingerprint density at radius 3 is 2.73 bits per heavy atom. The number of hydrogen-bond donors (Lipinski definition) is 1. The van der Waals surface area contributed by atoms with Crippen molar-refractivity contribution in [3.8, 4) is 0 Å². The third-order valence-electron chi connectivity index (χ3n) is 2.50. The molecule has 0 saturated carbocycles. The van der Waals surface area contributed by atoms with E-state index in [0.717, 1.165) is 11.8 Å². The number of aliphatic hydroxyl groups is 1. The normalized spacial score (nSPS) is 29.3. The minimum absolute atomic E-state index is 0.0774. The first-order valence-corrected chi connectivity index (χ1v) is 5.61. The molecule has 15 heavy (non-hydrogen) atoms. The Kier molecular flexibility index (Phi) is 2.60. The summed E-state index contributed by atoms with van der Waals surface area (Å²) >= 11 is 1.43. The van der Waals surface area contributed by atoms with Gasteiger partial charge < -0.3 is 5.11 Å². The molecule has 1 N–H and O–H groups in total. The Morgan fingerprint density at radius 1 is 1.40 bits per heavy atom. The maximum atomic E-state index is 12.8. The molecular weight excluding hydrogens is 220 g/mol. The van der Waals surface area contributed by atoms with E-state index in [0.29, 0.717) is 6.42 Å². The number of halogens is 2. The maximum Gasteiger partial charge on any atom is 0.266 e. The Labute approximate surface area is 90.3 Å². The smallest absolute Gasteiger partial charge is 0.266 e. The van der Waals surface area contributed by atoms with E-state index >= 15 is 0 Å². The first kappa shape index (κ1) is 10.7. The van der Waals surface area contributed by atoms with Crippen LogP contribution in [0.5, 0.6) is 0 Å². The van der Waals surface area contributed by atoms with Gasteiger partial charge in [-0.25, -0.2) is 13.8 Å². The summed E-state index contributed by atoms with van der Waals surface area (Å²) in [5, 5.41) is 11.8. The lowest BCUT2D eigenvalue weighted by atomic mass is 9.86. The van der Waals surface area contributed by atoms with E-state index in [4.69, 9.17) is 0 Å². The van der Waals surface area contributed by atoms with E-state index < -0.39 is 11.5 Å². The quantitative estimate of drug-likeness (QED) is 0.793. The molecule has 0 saturated heterocycles. The van der Waals surface area contributed by atoms with Gasteiger partial charge in [-0.05, 0) is 12.5 Å². The molecule has 0 amide bonds. The zero-order valence-electron chi connectivity index (χ0n) is 7.99. The third kappa shape index (κ3) is 2.60. The maximum absolute atomic E-state index is 12.8. The van der Waals surface area contributed by atoms with Crippen molar-refractivity contribution in [2.75, 3.05) is 0 Å². The lowest BCUT2D eigenvalue weighted by Crippen LogP contribution is -2.35. The van der Waals surface area contributed by atoms with E-state index in [-0.39, 0.29) is 12.8 Å². The molecule has 1 aromatic rings. The van der Waals surface area contributed by atoms with Crippen LogP contribution in [0.2, 0.25) is 0 Å². The largest absolute Gasteiger partial charge is 0.385 e. The Bertz CT molecular complexity index is 364. The van der Waals surface area contributed by atoms with Gasteiger partial charge >= 0.3 is 0 Å². The molecule has 0 spiro atoms. The van der Waals surface area contributed by atoms with E-state index in [1.54, 1.807) is 5.51 Å². The van der Waals surface area contributed by atoms with Gasteiger partial charge in [-0.3, -0.25) is 0 Å². The van der Waals surface area contributed by atoms with Crippen molar-refractivity contribution in [3.63, 3.8) is 0 Å². The van der Waals surface area contributed by atoms with Crippen LogP contribution in [0.4, 0.5) is 8.78 Å². The van der Waals surface area contributed by atoms with E-state index in [9.17, 15) is 13.9 Å². The van der Waals surface area contributed by atoms with Gasteiger partial charge in [0.25, 0.3) is 5.92 Å². The van der Waals surface area contributed by atoms with Crippen LogP contribution in [0.3, 0.4) is 0 Å². The molecule has 1 aromatic heterocycles. The van der Waals surface area contributed by atoms with E-state index in [2.05, 4.69) is 4.98 Å². The first-order valence-electron chi connectivity index (χ1n) is 4.67. The van der Waals surface area contributed by atoms with Crippen molar-refractivity contribution in [1.82, 2.24) is 4.98 Å². The number of nitrogens with zero attached hydrogens (tertiary/aromatic N) is 1. The second kappa shape index (κ2) is 3.64. The van der Waals surface area contributed by atoms with Crippen LogP contribution in [0.1, 0.15) is 18.5 Å². The van der Waals surface area contributed by atoms with Crippen molar-refractivity contribution < 1.29 is 13.9 Å². The molecule has 1 unspecified atom stereocenters. The van der Waals surface area contributed by atoms with Gasteiger partial charge in [0.15, 0.2) is 0 Å². The van der Waals surface area contributed by atoms with Crippen LogP contribution in [0.25, 0.3) is 0 Å². The molecule has 82 valence electrons. The molecule has 5 heteroatoms. The molecule has 0 aromatic carbocycles. The summed E-state index contributed by atoms with van der Waals surface area (Å²) < 4.78 is 25.6. The topological polar surface area (TPSA) is 33.1 Å². The molecule has 1 aliphatic rings. The van der Waals surface area contributed by atoms with Gasteiger partial charge in [-0.15, -0.1) is 11.3 Å². The SMILES string of the molecule is OC1(Cc2cscn2)C=CC(F)(F)CC1. The number of rotatable bonds is 2. The summed E-state index contributed by atoms with van der Waals surface area (Å²) in [5.41, 5.74) is 1.26. The third-order valence-corrected chi connectivity index (χ3v) is 3.13. The van der Waals surface area contributed by atoms with Crippen molar-refractivity contribution >= 4 is 11.3 Å². The lowest BCUT2D eigenvalue weighted by molar-refractivity contribution is -0.0117. The summed E-state index contributed by atoms with van der Waals surface area (Å²) in [7, 11) is 0. The summed E-state index contributed by atoms with van der Waals surface area (Å²) in [6.45, 7) is 0. The number of hydrogen-bond acceptors (Lipinski definition) is 3. The molecular formula is C10H11F2NOS. The highest BCUT2D eigenvalue weighted by atomic mass is 32.1. The predicted octanol–water partition coefficient (Wildman–Crippen LogP) is 2.40. The Balaban J connectivity index is 2.09. The van der Waals surface area contributed by atoms with Gasteiger partial charge in [0.2, 0.25) is 0 Å². The average Bonchev–Trinajstić information content (AvgIpc) is 2.64. The second-order valence-electron chi connectivity index (χ2n) is 3.85. The summed E-state index contributed by atoms with van der Waals surface area (Å²) in [6.07, 6.45) is 2.08. The van der Waals surface area contributed by atoms with Gasteiger partial charge in [0.05, 0.1) is 16.8 Å². The molecule has 0 fully saturated rings. The fourth-order valence-electron chi connectivity index (χ4n) is 1.61. The highest BCUT2D eigenvalue weighted by Crippen LogP contribution is 2.34. The molecule has 1 atom stereocenters. The minimum Gasteiger partial charge on any atom is -0.385 e. The Hall–Kier alpha value is -0.810. The number of alkyl halides is 2. The molecule has 1 aliphatic carbocycles. The number of aromatic nitrogens is 1. The van der Waals surface area contributed by atoms with Gasteiger partial charge in [0.1, 0.15) is 0 Å². The van der Waals surface area contributed by atoms with Gasteiger partial charge in [-0.2, -0.15) is 0 Å². The minimum atomic E-state index is -2.77. The molecule has 0 aliphatic heterocycles. The highest BCUT2D eigenvalue weighted by Gasteiger charge is 2.37. The van der Waals surface area contributed by atoms with Crippen LogP contribution < -0.4 is 0 Å². The zero-order chi connectivity index (χ0) is 10.9. The second-order valence-corrected chi connectivity index (χ2v) is 4.57. The summed E-state index contributed by atoms with van der Waals surface area (Å²) in [5.74, 6) is -2.77. The summed E-state index contributed by atoms with van der Waals surface area (Å²) in [4.78, 5) is 4.03. The molecule has 1 heterocycles. The van der Waals surface area contributed by atoms with Crippen LogP contribution in [0, 0.1) is 0 Å². The molecule has 0 bridgehead atoms. The lowest BCUT2D eigenvalue weighted by Gasteiger charge is -2.30. The van der Waals surface area contributed by atoms with Crippen molar-refractivity contribution in [2.45, 2.75) is 30.8 Å². The summed E-state index contributed by atoms with van der Waals surface area (Å²) in [6, 6.07) is 0. The number of thiazole rings is 1. The first-order chi connectivity index (χ1) is 6.99. The van der Waals surface area contributed by atoms with Gasteiger partial charge in [0, 0.05) is 18.2 Å². The van der Waals surface area contributed by atoms with Gasteiger partial charge in [-0.1, -0.05) is 6.08 Å². The van der Waals surface area contributed by atoms with Crippen molar-refractivity contribution in [1.29, 1.82) is 0 Å².